The van der Waals surface area contributed by atoms with Gasteiger partial charge in [-0.05, 0) is 38.2 Å². The van der Waals surface area contributed by atoms with Crippen LogP contribution in [0.15, 0.2) is 18.2 Å². The van der Waals surface area contributed by atoms with Gasteiger partial charge >= 0.3 is 0 Å². The number of benzene rings is 1. The second kappa shape index (κ2) is 8.82. The Hall–Kier alpha value is -1.26. The molecule has 0 amide bonds. The number of hydrogen-bond acceptors (Lipinski definition) is 4. The summed E-state index contributed by atoms with van der Waals surface area (Å²) in [7, 11) is 5.44. The maximum absolute atomic E-state index is 6.32. The van der Waals surface area contributed by atoms with Crippen molar-refractivity contribution in [1.82, 2.24) is 4.90 Å². The summed E-state index contributed by atoms with van der Waals surface area (Å²) in [6.07, 6.45) is 3.72. The third-order valence-electron chi connectivity index (χ3n) is 3.49. The van der Waals surface area contributed by atoms with E-state index in [1.165, 1.54) is 19.3 Å². The van der Waals surface area contributed by atoms with Gasteiger partial charge < -0.3 is 20.1 Å². The quantitative estimate of drug-likeness (QED) is 0.707. The lowest BCUT2D eigenvalue weighted by molar-refractivity contribution is 0.301. The minimum absolute atomic E-state index is 0.0772. The van der Waals surface area contributed by atoms with Crippen molar-refractivity contribution in [2.24, 2.45) is 5.73 Å². The minimum Gasteiger partial charge on any atom is -0.497 e. The van der Waals surface area contributed by atoms with Crippen molar-refractivity contribution in [1.29, 1.82) is 0 Å². The highest BCUT2D eigenvalue weighted by atomic mass is 16.5. The second-order valence-electron chi connectivity index (χ2n) is 5.18. The molecule has 0 spiro atoms. The molecular formula is C16H28N2O2. The summed E-state index contributed by atoms with van der Waals surface area (Å²) >= 11 is 0. The van der Waals surface area contributed by atoms with E-state index < -0.39 is 0 Å². The highest BCUT2D eigenvalue weighted by Gasteiger charge is 2.15. The molecule has 0 saturated heterocycles. The molecule has 1 atom stereocenters. The molecule has 0 fully saturated rings. The van der Waals surface area contributed by atoms with Crippen LogP contribution in [0.3, 0.4) is 0 Å². The smallest absolute Gasteiger partial charge is 0.123 e. The SMILES string of the molecule is CCCCCN(C)CC(N)c1cc(OC)ccc1OC. The van der Waals surface area contributed by atoms with Crippen molar-refractivity contribution in [3.63, 3.8) is 0 Å². The van der Waals surface area contributed by atoms with Crippen LogP contribution in [-0.2, 0) is 0 Å². The summed E-state index contributed by atoms with van der Waals surface area (Å²) in [6.45, 7) is 4.11. The van der Waals surface area contributed by atoms with Crippen LogP contribution in [0.25, 0.3) is 0 Å². The fraction of sp³-hybridized carbons (Fsp3) is 0.625. The standard InChI is InChI=1S/C16H28N2O2/c1-5-6-7-10-18(2)12-15(17)14-11-13(19-3)8-9-16(14)20-4/h8-9,11,15H,5-7,10,12,17H2,1-4H3. The van der Waals surface area contributed by atoms with Crippen LogP contribution in [0.1, 0.15) is 37.8 Å². The predicted octanol–water partition coefficient (Wildman–Crippen LogP) is 2.83. The first-order chi connectivity index (χ1) is 9.62. The van der Waals surface area contributed by atoms with Crippen molar-refractivity contribution in [3.8, 4) is 11.5 Å². The normalized spacial score (nSPS) is 12.5. The van der Waals surface area contributed by atoms with Crippen molar-refractivity contribution in [3.05, 3.63) is 23.8 Å². The number of ether oxygens (including phenoxy) is 2. The van der Waals surface area contributed by atoms with Crippen molar-refractivity contribution >= 4 is 0 Å². The second-order valence-corrected chi connectivity index (χ2v) is 5.18. The lowest BCUT2D eigenvalue weighted by Crippen LogP contribution is -2.30. The molecule has 114 valence electrons. The van der Waals surface area contributed by atoms with Gasteiger partial charge in [0.1, 0.15) is 11.5 Å². The molecular weight excluding hydrogens is 252 g/mol. The van der Waals surface area contributed by atoms with E-state index in [-0.39, 0.29) is 6.04 Å². The van der Waals surface area contributed by atoms with E-state index in [2.05, 4.69) is 18.9 Å². The molecule has 1 aromatic carbocycles. The zero-order chi connectivity index (χ0) is 15.0. The first-order valence-corrected chi connectivity index (χ1v) is 7.28. The third-order valence-corrected chi connectivity index (χ3v) is 3.49. The van der Waals surface area contributed by atoms with Gasteiger partial charge in [0, 0.05) is 18.2 Å². The highest BCUT2D eigenvalue weighted by molar-refractivity contribution is 5.42. The highest BCUT2D eigenvalue weighted by Crippen LogP contribution is 2.28. The van der Waals surface area contributed by atoms with E-state index in [4.69, 9.17) is 15.2 Å². The molecule has 1 rings (SSSR count). The lowest BCUT2D eigenvalue weighted by Gasteiger charge is -2.23. The number of likely N-dealkylation sites (N-methyl/N-ethyl adjacent to an activating group) is 1. The summed E-state index contributed by atoms with van der Waals surface area (Å²) < 4.78 is 10.7. The first-order valence-electron chi connectivity index (χ1n) is 7.28. The fourth-order valence-electron chi connectivity index (χ4n) is 2.29. The Bertz CT molecular complexity index is 396. The van der Waals surface area contributed by atoms with Crippen LogP contribution in [0.4, 0.5) is 0 Å². The average molecular weight is 280 g/mol. The van der Waals surface area contributed by atoms with Gasteiger partial charge in [0.15, 0.2) is 0 Å². The van der Waals surface area contributed by atoms with Crippen LogP contribution in [-0.4, -0.2) is 39.3 Å². The molecule has 1 aromatic rings. The summed E-state index contributed by atoms with van der Waals surface area (Å²) in [5, 5.41) is 0. The summed E-state index contributed by atoms with van der Waals surface area (Å²) in [6, 6.07) is 5.68. The van der Waals surface area contributed by atoms with Crippen LogP contribution in [0.2, 0.25) is 0 Å². The monoisotopic (exact) mass is 280 g/mol. The van der Waals surface area contributed by atoms with Gasteiger partial charge in [-0.15, -0.1) is 0 Å². The number of nitrogens with two attached hydrogens (primary N) is 1. The minimum atomic E-state index is -0.0772. The molecule has 0 radical (unpaired) electrons. The largest absolute Gasteiger partial charge is 0.497 e. The summed E-state index contributed by atoms with van der Waals surface area (Å²) in [4.78, 5) is 2.28. The first kappa shape index (κ1) is 16.8. The van der Waals surface area contributed by atoms with Gasteiger partial charge in [0.05, 0.1) is 14.2 Å². The molecule has 0 heterocycles. The van der Waals surface area contributed by atoms with Crippen LogP contribution in [0.5, 0.6) is 11.5 Å². The topological polar surface area (TPSA) is 47.7 Å². The molecule has 1 unspecified atom stereocenters. The predicted molar refractivity (Wildman–Crippen MR) is 83.5 cm³/mol. The maximum atomic E-state index is 6.32. The molecule has 4 nitrogen and oxygen atoms in total. The van der Waals surface area contributed by atoms with E-state index in [1.807, 2.05) is 18.2 Å². The Balaban J connectivity index is 2.67. The molecule has 20 heavy (non-hydrogen) atoms. The van der Waals surface area contributed by atoms with Gasteiger partial charge in [-0.3, -0.25) is 0 Å². The summed E-state index contributed by atoms with van der Waals surface area (Å²) in [5.74, 6) is 1.63. The molecule has 0 aliphatic rings. The Morgan fingerprint density at radius 2 is 1.95 bits per heavy atom. The molecule has 0 saturated carbocycles. The van der Waals surface area contributed by atoms with Crippen LogP contribution < -0.4 is 15.2 Å². The third kappa shape index (κ3) is 5.02. The average Bonchev–Trinajstić information content (AvgIpc) is 2.46. The van der Waals surface area contributed by atoms with E-state index in [0.717, 1.165) is 30.2 Å². The van der Waals surface area contributed by atoms with Crippen molar-refractivity contribution in [2.75, 3.05) is 34.4 Å². The molecule has 0 aliphatic heterocycles. The number of hydrogen-bond donors (Lipinski definition) is 1. The lowest BCUT2D eigenvalue weighted by atomic mass is 10.1. The van der Waals surface area contributed by atoms with Gasteiger partial charge in [0.2, 0.25) is 0 Å². The number of methoxy groups -OCH3 is 2. The van der Waals surface area contributed by atoms with E-state index in [9.17, 15) is 0 Å². The van der Waals surface area contributed by atoms with Gasteiger partial charge in [-0.25, -0.2) is 0 Å². The Morgan fingerprint density at radius 3 is 2.55 bits per heavy atom. The zero-order valence-corrected chi connectivity index (χ0v) is 13.2. The maximum Gasteiger partial charge on any atom is 0.123 e. The number of unbranched alkanes of at least 4 members (excludes halogenated alkanes) is 2. The van der Waals surface area contributed by atoms with Crippen LogP contribution in [0, 0.1) is 0 Å². The Kier molecular flexibility index (Phi) is 7.41. The van der Waals surface area contributed by atoms with Gasteiger partial charge in [0.25, 0.3) is 0 Å². The van der Waals surface area contributed by atoms with Gasteiger partial charge in [-0.2, -0.15) is 0 Å². The van der Waals surface area contributed by atoms with Gasteiger partial charge in [-0.1, -0.05) is 19.8 Å². The molecule has 0 aromatic heterocycles. The molecule has 0 bridgehead atoms. The Morgan fingerprint density at radius 1 is 1.20 bits per heavy atom. The molecule has 2 N–H and O–H groups in total. The molecule has 0 aliphatic carbocycles. The zero-order valence-electron chi connectivity index (χ0n) is 13.2. The number of nitrogens with zero attached hydrogens (tertiary/aromatic N) is 1. The van der Waals surface area contributed by atoms with Crippen molar-refractivity contribution < 1.29 is 9.47 Å². The van der Waals surface area contributed by atoms with E-state index in [1.54, 1.807) is 14.2 Å². The Labute approximate surface area is 122 Å². The summed E-state index contributed by atoms with van der Waals surface area (Å²) in [5.41, 5.74) is 7.32. The molecule has 4 heteroatoms. The van der Waals surface area contributed by atoms with Crippen LogP contribution >= 0.6 is 0 Å². The van der Waals surface area contributed by atoms with E-state index >= 15 is 0 Å². The number of rotatable bonds is 9. The van der Waals surface area contributed by atoms with Crippen molar-refractivity contribution in [2.45, 2.75) is 32.2 Å². The fourth-order valence-corrected chi connectivity index (χ4v) is 2.29. The van der Waals surface area contributed by atoms with E-state index in [0.29, 0.717) is 0 Å².